The van der Waals surface area contributed by atoms with E-state index >= 15 is 0 Å². The van der Waals surface area contributed by atoms with Crippen LogP contribution in [0.25, 0.3) is 12.2 Å². The quantitative estimate of drug-likeness (QED) is 0.840. The third kappa shape index (κ3) is 4.49. The molecule has 0 saturated heterocycles. The van der Waals surface area contributed by atoms with Gasteiger partial charge in [0.15, 0.2) is 0 Å². The molecule has 0 unspecified atom stereocenters. The van der Waals surface area contributed by atoms with E-state index in [1.165, 1.54) is 25.3 Å². The summed E-state index contributed by atoms with van der Waals surface area (Å²) in [6.07, 6.45) is 3.57. The Kier molecular flexibility index (Phi) is 4.77. The first-order chi connectivity index (χ1) is 10.1. The molecule has 0 atom stereocenters. The summed E-state index contributed by atoms with van der Waals surface area (Å²) in [5.74, 6) is 0.770. The molecule has 1 N–H and O–H groups in total. The minimum Gasteiger partial charge on any atom is -0.508 e. The minimum absolute atomic E-state index is 0.106. The van der Waals surface area contributed by atoms with E-state index in [0.717, 1.165) is 11.1 Å². The molecule has 0 aliphatic carbocycles. The Balaban J connectivity index is 2.12. The predicted molar refractivity (Wildman–Crippen MR) is 76.7 cm³/mol. The summed E-state index contributed by atoms with van der Waals surface area (Å²) >= 11 is 0. The Bertz CT molecular complexity index is 622. The SMILES string of the molecule is COc1cc(O)cc(C=Cc2ccc(OC(F)F)cc2)c1. The van der Waals surface area contributed by atoms with Crippen LogP contribution in [-0.2, 0) is 0 Å². The molecule has 5 heteroatoms. The van der Waals surface area contributed by atoms with Crippen LogP contribution in [0.15, 0.2) is 42.5 Å². The van der Waals surface area contributed by atoms with Crippen molar-refractivity contribution < 1.29 is 23.4 Å². The molecule has 3 nitrogen and oxygen atoms in total. The zero-order valence-corrected chi connectivity index (χ0v) is 11.3. The van der Waals surface area contributed by atoms with E-state index in [1.54, 1.807) is 36.4 Å². The molecule has 110 valence electrons. The molecule has 0 amide bonds. The van der Waals surface area contributed by atoms with Gasteiger partial charge in [0.1, 0.15) is 17.2 Å². The zero-order valence-electron chi connectivity index (χ0n) is 11.3. The van der Waals surface area contributed by atoms with Gasteiger partial charge in [-0.3, -0.25) is 0 Å². The fraction of sp³-hybridized carbons (Fsp3) is 0.125. The summed E-state index contributed by atoms with van der Waals surface area (Å²) in [5, 5.41) is 9.54. The highest BCUT2D eigenvalue weighted by molar-refractivity contribution is 5.71. The lowest BCUT2D eigenvalue weighted by atomic mass is 10.1. The lowest BCUT2D eigenvalue weighted by molar-refractivity contribution is -0.0498. The minimum atomic E-state index is -2.83. The van der Waals surface area contributed by atoms with Crippen molar-refractivity contribution in [2.24, 2.45) is 0 Å². The average Bonchev–Trinajstić information content (AvgIpc) is 2.45. The summed E-state index contributed by atoms with van der Waals surface area (Å²) in [7, 11) is 1.52. The maximum atomic E-state index is 12.0. The van der Waals surface area contributed by atoms with Gasteiger partial charge in [-0.2, -0.15) is 8.78 Å². The number of ether oxygens (including phenoxy) is 2. The van der Waals surface area contributed by atoms with Gasteiger partial charge in [0.05, 0.1) is 7.11 Å². The highest BCUT2D eigenvalue weighted by Crippen LogP contribution is 2.23. The lowest BCUT2D eigenvalue weighted by Gasteiger charge is -2.04. The monoisotopic (exact) mass is 292 g/mol. The van der Waals surface area contributed by atoms with Crippen LogP contribution in [0.1, 0.15) is 11.1 Å². The molecule has 0 spiro atoms. The van der Waals surface area contributed by atoms with E-state index in [9.17, 15) is 13.9 Å². The number of rotatable bonds is 5. The van der Waals surface area contributed by atoms with Crippen LogP contribution in [0.2, 0.25) is 0 Å². The summed E-state index contributed by atoms with van der Waals surface area (Å²) in [6, 6.07) is 11.1. The van der Waals surface area contributed by atoms with Crippen LogP contribution in [0.4, 0.5) is 8.78 Å². The van der Waals surface area contributed by atoms with Gasteiger partial charge in [-0.1, -0.05) is 24.3 Å². The molecule has 0 aliphatic rings. The van der Waals surface area contributed by atoms with Crippen molar-refractivity contribution in [2.75, 3.05) is 7.11 Å². The maximum absolute atomic E-state index is 12.0. The second-order valence-electron chi connectivity index (χ2n) is 4.25. The number of phenolic OH excluding ortho intramolecular Hbond substituents is 1. The lowest BCUT2D eigenvalue weighted by Crippen LogP contribution is -2.01. The molecule has 0 radical (unpaired) electrons. The number of aromatic hydroxyl groups is 1. The van der Waals surface area contributed by atoms with E-state index in [2.05, 4.69) is 4.74 Å². The third-order valence-electron chi connectivity index (χ3n) is 2.72. The second kappa shape index (κ2) is 6.74. The maximum Gasteiger partial charge on any atom is 0.387 e. The van der Waals surface area contributed by atoms with Crippen molar-refractivity contribution in [3.05, 3.63) is 53.6 Å². The number of methoxy groups -OCH3 is 1. The number of alkyl halides is 2. The van der Waals surface area contributed by atoms with Crippen LogP contribution in [0.5, 0.6) is 17.2 Å². The zero-order chi connectivity index (χ0) is 15.2. The third-order valence-corrected chi connectivity index (χ3v) is 2.72. The Morgan fingerprint density at radius 2 is 1.62 bits per heavy atom. The molecule has 2 aromatic rings. The number of hydrogen-bond acceptors (Lipinski definition) is 3. The summed E-state index contributed by atoms with van der Waals surface area (Å²) in [6.45, 7) is -2.83. The predicted octanol–water partition coefficient (Wildman–Crippen LogP) is 4.17. The van der Waals surface area contributed by atoms with Gasteiger partial charge < -0.3 is 14.6 Å². The van der Waals surface area contributed by atoms with Crippen LogP contribution < -0.4 is 9.47 Å². The normalized spacial score (nSPS) is 11.0. The van der Waals surface area contributed by atoms with E-state index in [1.807, 2.05) is 0 Å². The molecule has 2 rings (SSSR count). The van der Waals surface area contributed by atoms with Gasteiger partial charge in [0.25, 0.3) is 0 Å². The van der Waals surface area contributed by atoms with Crippen LogP contribution in [0.3, 0.4) is 0 Å². The van der Waals surface area contributed by atoms with Crippen LogP contribution in [0, 0.1) is 0 Å². The number of hydrogen-bond donors (Lipinski definition) is 1. The number of phenols is 1. The standard InChI is InChI=1S/C16H14F2O3/c1-20-15-9-12(8-13(19)10-15)3-2-11-4-6-14(7-5-11)21-16(17)18/h2-10,16,19H,1H3. The van der Waals surface area contributed by atoms with Gasteiger partial charge in [-0.05, 0) is 35.4 Å². The highest BCUT2D eigenvalue weighted by Gasteiger charge is 2.03. The van der Waals surface area contributed by atoms with Crippen molar-refractivity contribution in [3.8, 4) is 17.2 Å². The van der Waals surface area contributed by atoms with Crippen molar-refractivity contribution in [2.45, 2.75) is 6.61 Å². The van der Waals surface area contributed by atoms with Gasteiger partial charge in [0.2, 0.25) is 0 Å². The second-order valence-corrected chi connectivity index (χ2v) is 4.25. The average molecular weight is 292 g/mol. The molecule has 2 aromatic carbocycles. The van der Waals surface area contributed by atoms with E-state index in [0.29, 0.717) is 5.75 Å². The molecule has 0 heterocycles. The molecule has 0 bridgehead atoms. The summed E-state index contributed by atoms with van der Waals surface area (Å²) in [4.78, 5) is 0. The number of benzene rings is 2. The fourth-order valence-electron chi connectivity index (χ4n) is 1.77. The Morgan fingerprint density at radius 1 is 0.952 bits per heavy atom. The first kappa shape index (κ1) is 14.8. The van der Waals surface area contributed by atoms with Gasteiger partial charge >= 0.3 is 6.61 Å². The van der Waals surface area contributed by atoms with E-state index in [-0.39, 0.29) is 11.5 Å². The van der Waals surface area contributed by atoms with Crippen molar-refractivity contribution in [1.29, 1.82) is 0 Å². The van der Waals surface area contributed by atoms with Crippen LogP contribution >= 0.6 is 0 Å². The molecule has 0 fully saturated rings. The smallest absolute Gasteiger partial charge is 0.387 e. The first-order valence-corrected chi connectivity index (χ1v) is 6.18. The van der Waals surface area contributed by atoms with Crippen LogP contribution in [-0.4, -0.2) is 18.8 Å². The molecule has 0 aromatic heterocycles. The Morgan fingerprint density at radius 3 is 2.24 bits per heavy atom. The van der Waals surface area contributed by atoms with Gasteiger partial charge in [-0.25, -0.2) is 0 Å². The molecule has 21 heavy (non-hydrogen) atoms. The van der Waals surface area contributed by atoms with Crippen molar-refractivity contribution in [1.82, 2.24) is 0 Å². The van der Waals surface area contributed by atoms with E-state index < -0.39 is 6.61 Å². The molecule has 0 saturated carbocycles. The summed E-state index contributed by atoms with van der Waals surface area (Å²) < 4.78 is 33.4. The topological polar surface area (TPSA) is 38.7 Å². The Hall–Kier alpha value is -2.56. The molecular formula is C16H14F2O3. The fourth-order valence-corrected chi connectivity index (χ4v) is 1.77. The highest BCUT2D eigenvalue weighted by atomic mass is 19.3. The van der Waals surface area contributed by atoms with Crippen molar-refractivity contribution in [3.63, 3.8) is 0 Å². The summed E-state index contributed by atoms with van der Waals surface area (Å²) in [5.41, 5.74) is 1.58. The van der Waals surface area contributed by atoms with E-state index in [4.69, 9.17) is 4.74 Å². The Labute approximate surface area is 121 Å². The van der Waals surface area contributed by atoms with Gasteiger partial charge in [-0.15, -0.1) is 0 Å². The largest absolute Gasteiger partial charge is 0.508 e. The number of halogens is 2. The molecular weight excluding hydrogens is 278 g/mol. The molecule has 0 aliphatic heterocycles. The van der Waals surface area contributed by atoms with Crippen molar-refractivity contribution >= 4 is 12.2 Å². The first-order valence-electron chi connectivity index (χ1n) is 6.18. The van der Waals surface area contributed by atoms with Gasteiger partial charge in [0, 0.05) is 6.07 Å².